The highest BCUT2D eigenvalue weighted by atomic mass is 35.5. The van der Waals surface area contributed by atoms with Crippen molar-refractivity contribution in [2.45, 2.75) is 6.54 Å². The van der Waals surface area contributed by atoms with Crippen LogP contribution in [0.4, 0.5) is 0 Å². The van der Waals surface area contributed by atoms with Crippen LogP contribution >= 0.6 is 11.6 Å². The summed E-state index contributed by atoms with van der Waals surface area (Å²) in [7, 11) is 1.30. The van der Waals surface area contributed by atoms with Gasteiger partial charge in [-0.05, 0) is 46.8 Å². The van der Waals surface area contributed by atoms with Gasteiger partial charge >= 0.3 is 5.97 Å². The minimum absolute atomic E-state index is 0.151. The Morgan fingerprint density at radius 2 is 1.78 bits per heavy atom. The fourth-order valence-corrected chi connectivity index (χ4v) is 4.17. The minimum Gasteiger partial charge on any atom is -0.464 e. The van der Waals surface area contributed by atoms with Crippen molar-refractivity contribution in [1.29, 1.82) is 0 Å². The number of benzene rings is 3. The number of rotatable bonds is 4. The zero-order valence-corrected chi connectivity index (χ0v) is 17.9. The molecule has 0 saturated carbocycles. The molecule has 160 valence electrons. The number of hydrogen-bond donors (Lipinski definition) is 0. The average molecular weight is 448 g/mol. The highest BCUT2D eigenvalue weighted by Gasteiger charge is 2.25. The molecule has 3 aromatic carbocycles. The Balaban J connectivity index is 1.82. The molecule has 5 rings (SSSR count). The summed E-state index contributed by atoms with van der Waals surface area (Å²) in [6, 6.07) is 19.9. The smallest absolute Gasteiger partial charge is 0.355 e. The standard InChI is InChI=1S/C25H18ClNO5/c1-30-25(29)23-22(16-5-3-2-4-6-16)19-12-17(26)8-9-18(19)24(28)27(23)13-15-7-10-20-21(11-15)32-14-31-20/h2-12H,13-14H2,1H3. The molecule has 0 bridgehead atoms. The van der Waals surface area contributed by atoms with Gasteiger partial charge in [0.15, 0.2) is 11.5 Å². The van der Waals surface area contributed by atoms with Gasteiger partial charge in [-0.3, -0.25) is 9.36 Å². The Kier molecular flexibility index (Phi) is 5.07. The summed E-state index contributed by atoms with van der Waals surface area (Å²) in [6.45, 7) is 0.305. The molecule has 0 radical (unpaired) electrons. The van der Waals surface area contributed by atoms with Gasteiger partial charge in [0, 0.05) is 16.0 Å². The second-order valence-corrected chi connectivity index (χ2v) is 7.79. The summed E-state index contributed by atoms with van der Waals surface area (Å²) in [5, 5.41) is 1.52. The van der Waals surface area contributed by atoms with Crippen LogP contribution in [-0.2, 0) is 11.3 Å². The van der Waals surface area contributed by atoms with E-state index in [4.69, 9.17) is 25.8 Å². The number of nitrogens with zero attached hydrogens (tertiary/aromatic N) is 1. The molecule has 6 nitrogen and oxygen atoms in total. The first-order valence-corrected chi connectivity index (χ1v) is 10.3. The first-order chi connectivity index (χ1) is 15.6. The number of methoxy groups -OCH3 is 1. The number of fused-ring (bicyclic) bond motifs is 2. The fourth-order valence-electron chi connectivity index (χ4n) is 4.00. The predicted octanol–water partition coefficient (Wildman–Crippen LogP) is 4.89. The van der Waals surface area contributed by atoms with E-state index in [9.17, 15) is 9.59 Å². The summed E-state index contributed by atoms with van der Waals surface area (Å²) < 4.78 is 17.4. The van der Waals surface area contributed by atoms with E-state index < -0.39 is 5.97 Å². The van der Waals surface area contributed by atoms with Gasteiger partial charge in [0.2, 0.25) is 6.79 Å². The van der Waals surface area contributed by atoms with Gasteiger partial charge in [0.05, 0.1) is 13.7 Å². The highest BCUT2D eigenvalue weighted by molar-refractivity contribution is 6.31. The van der Waals surface area contributed by atoms with Gasteiger partial charge in [-0.1, -0.05) is 48.0 Å². The van der Waals surface area contributed by atoms with Crippen molar-refractivity contribution in [1.82, 2.24) is 4.57 Å². The molecule has 0 amide bonds. The second-order valence-electron chi connectivity index (χ2n) is 7.35. The lowest BCUT2D eigenvalue weighted by atomic mass is 9.96. The van der Waals surface area contributed by atoms with E-state index >= 15 is 0 Å². The van der Waals surface area contributed by atoms with Crippen LogP contribution in [0, 0.1) is 0 Å². The quantitative estimate of drug-likeness (QED) is 0.417. The first-order valence-electron chi connectivity index (χ1n) is 9.95. The lowest BCUT2D eigenvalue weighted by Crippen LogP contribution is -2.28. The minimum atomic E-state index is -0.608. The topological polar surface area (TPSA) is 66.8 Å². The molecule has 0 spiro atoms. The molecule has 0 N–H and O–H groups in total. The van der Waals surface area contributed by atoms with Crippen LogP contribution < -0.4 is 15.0 Å². The van der Waals surface area contributed by atoms with E-state index in [0.717, 1.165) is 11.1 Å². The summed E-state index contributed by atoms with van der Waals surface area (Å²) >= 11 is 6.27. The summed E-state index contributed by atoms with van der Waals surface area (Å²) in [4.78, 5) is 26.6. The maximum atomic E-state index is 13.6. The second kappa shape index (κ2) is 8.05. The third kappa shape index (κ3) is 3.39. The molecule has 2 heterocycles. The van der Waals surface area contributed by atoms with E-state index in [0.29, 0.717) is 32.9 Å². The zero-order chi connectivity index (χ0) is 22.2. The monoisotopic (exact) mass is 447 g/mol. The molecule has 4 aromatic rings. The van der Waals surface area contributed by atoms with Gasteiger partial charge in [0.25, 0.3) is 5.56 Å². The number of ether oxygens (including phenoxy) is 3. The summed E-state index contributed by atoms with van der Waals surface area (Å²) in [5.41, 5.74) is 2.01. The number of carbonyl (C=O) groups is 1. The van der Waals surface area contributed by atoms with Gasteiger partial charge in [-0.15, -0.1) is 0 Å². The Morgan fingerprint density at radius 3 is 2.56 bits per heavy atom. The van der Waals surface area contributed by atoms with Crippen molar-refractivity contribution in [3.8, 4) is 22.6 Å². The number of esters is 1. The van der Waals surface area contributed by atoms with E-state index in [1.165, 1.54) is 11.7 Å². The summed E-state index contributed by atoms with van der Waals surface area (Å²) in [5.74, 6) is 0.641. The van der Waals surface area contributed by atoms with Gasteiger partial charge < -0.3 is 14.2 Å². The normalized spacial score (nSPS) is 12.2. The molecule has 1 aliphatic rings. The lowest BCUT2D eigenvalue weighted by Gasteiger charge is -2.19. The number of halogens is 1. The van der Waals surface area contributed by atoms with Gasteiger partial charge in [-0.25, -0.2) is 4.79 Å². The van der Waals surface area contributed by atoms with Gasteiger partial charge in [-0.2, -0.15) is 0 Å². The third-order valence-corrected chi connectivity index (χ3v) is 5.69. The first kappa shape index (κ1) is 20.2. The Bertz CT molecular complexity index is 1410. The van der Waals surface area contributed by atoms with Crippen molar-refractivity contribution >= 4 is 28.3 Å². The third-order valence-electron chi connectivity index (χ3n) is 5.45. The average Bonchev–Trinajstić information content (AvgIpc) is 3.28. The van der Waals surface area contributed by atoms with E-state index in [2.05, 4.69) is 0 Å². The van der Waals surface area contributed by atoms with E-state index in [1.54, 1.807) is 24.3 Å². The Morgan fingerprint density at radius 1 is 1.00 bits per heavy atom. The maximum absolute atomic E-state index is 13.6. The molecule has 32 heavy (non-hydrogen) atoms. The fraction of sp³-hybridized carbons (Fsp3) is 0.120. The largest absolute Gasteiger partial charge is 0.464 e. The van der Waals surface area contributed by atoms with Crippen molar-refractivity contribution in [2.75, 3.05) is 13.9 Å². The molecule has 7 heteroatoms. The van der Waals surface area contributed by atoms with Crippen molar-refractivity contribution in [3.63, 3.8) is 0 Å². The number of pyridine rings is 1. The molecular formula is C25H18ClNO5. The van der Waals surface area contributed by atoms with E-state index in [1.807, 2.05) is 42.5 Å². The predicted molar refractivity (Wildman–Crippen MR) is 122 cm³/mol. The maximum Gasteiger partial charge on any atom is 0.355 e. The van der Waals surface area contributed by atoms with Crippen molar-refractivity contribution in [2.24, 2.45) is 0 Å². The summed E-state index contributed by atoms with van der Waals surface area (Å²) in [6.07, 6.45) is 0. The van der Waals surface area contributed by atoms with Crippen molar-refractivity contribution < 1.29 is 19.0 Å². The van der Waals surface area contributed by atoms with Crippen LogP contribution in [0.3, 0.4) is 0 Å². The van der Waals surface area contributed by atoms with Gasteiger partial charge in [0.1, 0.15) is 5.69 Å². The molecule has 0 atom stereocenters. The van der Waals surface area contributed by atoms with Crippen LogP contribution in [-0.4, -0.2) is 24.4 Å². The molecular weight excluding hydrogens is 430 g/mol. The molecule has 1 aliphatic heterocycles. The van der Waals surface area contributed by atoms with Crippen molar-refractivity contribution in [3.05, 3.63) is 93.4 Å². The zero-order valence-electron chi connectivity index (χ0n) is 17.1. The molecule has 0 unspecified atom stereocenters. The van der Waals surface area contributed by atoms with Crippen LogP contribution in [0.5, 0.6) is 11.5 Å². The Hall–Kier alpha value is -3.77. The van der Waals surface area contributed by atoms with Crippen LogP contribution in [0.1, 0.15) is 16.1 Å². The van der Waals surface area contributed by atoms with E-state index in [-0.39, 0.29) is 24.6 Å². The van der Waals surface area contributed by atoms with Crippen LogP contribution in [0.25, 0.3) is 21.9 Å². The lowest BCUT2D eigenvalue weighted by molar-refractivity contribution is 0.0588. The van der Waals surface area contributed by atoms with Crippen LogP contribution in [0.15, 0.2) is 71.5 Å². The Labute approximate surface area is 188 Å². The van der Waals surface area contributed by atoms with Crippen LogP contribution in [0.2, 0.25) is 5.02 Å². The number of hydrogen-bond acceptors (Lipinski definition) is 5. The number of carbonyl (C=O) groups excluding carboxylic acids is 1. The molecule has 0 saturated heterocycles. The number of aromatic nitrogens is 1. The SMILES string of the molecule is COC(=O)c1c(-c2ccccc2)c2cc(Cl)ccc2c(=O)n1Cc1ccc2c(c1)OCO2. The molecule has 0 fully saturated rings. The molecule has 1 aromatic heterocycles. The highest BCUT2D eigenvalue weighted by Crippen LogP contribution is 2.35. The molecule has 0 aliphatic carbocycles.